The van der Waals surface area contributed by atoms with Crippen molar-refractivity contribution in [3.8, 4) is 0 Å². The summed E-state index contributed by atoms with van der Waals surface area (Å²) in [5.74, 6) is -0.107. The Bertz CT molecular complexity index is 1000. The van der Waals surface area contributed by atoms with Gasteiger partial charge in [-0.15, -0.1) is 0 Å². The Kier molecular flexibility index (Phi) is 4.46. The first-order valence-electron chi connectivity index (χ1n) is 9.35. The van der Waals surface area contributed by atoms with Gasteiger partial charge in [0.15, 0.2) is 0 Å². The maximum atomic E-state index is 12.8. The van der Waals surface area contributed by atoms with Crippen molar-refractivity contribution in [3.05, 3.63) is 64.7 Å². The van der Waals surface area contributed by atoms with E-state index in [1.807, 2.05) is 25.1 Å². The van der Waals surface area contributed by atoms with Gasteiger partial charge in [-0.2, -0.15) is 0 Å². The predicted molar refractivity (Wildman–Crippen MR) is 107 cm³/mol. The summed E-state index contributed by atoms with van der Waals surface area (Å²) in [6.07, 6.45) is 4.90. The third-order valence-electron chi connectivity index (χ3n) is 5.53. The molecule has 1 heterocycles. The summed E-state index contributed by atoms with van der Waals surface area (Å²) in [7, 11) is -3.32. The second kappa shape index (κ2) is 6.68. The topological polar surface area (TPSA) is 66.5 Å². The molecule has 5 nitrogen and oxygen atoms in total. The Labute approximate surface area is 160 Å². The van der Waals surface area contributed by atoms with Crippen molar-refractivity contribution >= 4 is 21.6 Å². The van der Waals surface area contributed by atoms with E-state index >= 15 is 0 Å². The lowest BCUT2D eigenvalue weighted by molar-refractivity contribution is 0.0932. The number of anilines is 1. The number of fused-ring (bicyclic) bond motifs is 2. The lowest BCUT2D eigenvalue weighted by Crippen LogP contribution is -2.34. The zero-order chi connectivity index (χ0) is 19.2. The number of hydrogen-bond acceptors (Lipinski definition) is 3. The number of nitrogens with zero attached hydrogens (tertiary/aromatic N) is 1. The van der Waals surface area contributed by atoms with E-state index in [2.05, 4.69) is 17.4 Å². The van der Waals surface area contributed by atoms with Gasteiger partial charge in [0, 0.05) is 11.6 Å². The lowest BCUT2D eigenvalue weighted by atomic mass is 9.87. The van der Waals surface area contributed by atoms with Crippen LogP contribution >= 0.6 is 0 Å². The summed E-state index contributed by atoms with van der Waals surface area (Å²) < 4.78 is 25.5. The van der Waals surface area contributed by atoms with Crippen molar-refractivity contribution in [3.63, 3.8) is 0 Å². The van der Waals surface area contributed by atoms with E-state index in [0.29, 0.717) is 17.7 Å². The van der Waals surface area contributed by atoms with Gasteiger partial charge < -0.3 is 5.32 Å². The van der Waals surface area contributed by atoms with Crippen molar-refractivity contribution in [2.75, 3.05) is 10.6 Å². The molecule has 6 heteroatoms. The van der Waals surface area contributed by atoms with Crippen LogP contribution in [0.1, 0.15) is 52.9 Å². The molecule has 0 bridgehead atoms. The molecule has 0 aromatic heterocycles. The van der Waals surface area contributed by atoms with Crippen LogP contribution in [0.5, 0.6) is 0 Å². The number of sulfonamides is 1. The number of amides is 1. The molecule has 4 rings (SSSR count). The molecule has 0 fully saturated rings. The van der Waals surface area contributed by atoms with E-state index in [4.69, 9.17) is 0 Å². The van der Waals surface area contributed by atoms with Crippen LogP contribution in [0, 0.1) is 0 Å². The van der Waals surface area contributed by atoms with Crippen molar-refractivity contribution in [2.24, 2.45) is 0 Å². The number of rotatable bonds is 3. The fourth-order valence-corrected chi connectivity index (χ4v) is 5.66. The molecule has 2 aliphatic rings. The van der Waals surface area contributed by atoms with Crippen LogP contribution in [0.15, 0.2) is 42.5 Å². The molecule has 27 heavy (non-hydrogen) atoms. The standard InChI is InChI=1S/C21H24N2O3S/c1-14-12-17-13-16(10-11-20(17)23(14)27(2,25)26)21(24)22-19-9-5-7-15-6-3-4-8-18(15)19/h3-4,6,8,10-11,13-14,19H,5,7,9,12H2,1-2H3,(H,22,24). The van der Waals surface area contributed by atoms with E-state index in [1.165, 1.54) is 21.7 Å². The Morgan fingerprint density at radius 2 is 1.93 bits per heavy atom. The molecule has 0 spiro atoms. The summed E-state index contributed by atoms with van der Waals surface area (Å²) in [5.41, 5.74) is 4.68. The number of hydrogen-bond donors (Lipinski definition) is 1. The van der Waals surface area contributed by atoms with Crippen LogP contribution in [-0.4, -0.2) is 26.6 Å². The highest BCUT2D eigenvalue weighted by atomic mass is 32.2. The molecule has 0 saturated heterocycles. The molecule has 1 aliphatic carbocycles. The molecule has 0 radical (unpaired) electrons. The fourth-order valence-electron chi connectivity index (χ4n) is 4.39. The first kappa shape index (κ1) is 18.0. The van der Waals surface area contributed by atoms with Gasteiger partial charge in [-0.1, -0.05) is 24.3 Å². The number of carbonyl (C=O) groups excluding carboxylic acids is 1. The normalized spacial score (nSPS) is 21.5. The SMILES string of the molecule is CC1Cc2cc(C(=O)NC3CCCc4ccccc43)ccc2N1S(C)(=O)=O. The van der Waals surface area contributed by atoms with Crippen LogP contribution in [-0.2, 0) is 22.9 Å². The van der Waals surface area contributed by atoms with Gasteiger partial charge in [-0.25, -0.2) is 8.42 Å². The first-order valence-corrected chi connectivity index (χ1v) is 11.2. The fraction of sp³-hybridized carbons (Fsp3) is 0.381. The minimum absolute atomic E-state index is 0.0298. The maximum absolute atomic E-state index is 12.8. The van der Waals surface area contributed by atoms with Gasteiger partial charge in [-0.05, 0) is 67.5 Å². The Morgan fingerprint density at radius 3 is 2.70 bits per heavy atom. The minimum Gasteiger partial charge on any atom is -0.345 e. The summed E-state index contributed by atoms with van der Waals surface area (Å²) in [6, 6.07) is 13.5. The number of nitrogens with one attached hydrogen (secondary N) is 1. The summed E-state index contributed by atoms with van der Waals surface area (Å²) in [6.45, 7) is 1.89. The second-order valence-electron chi connectivity index (χ2n) is 7.57. The maximum Gasteiger partial charge on any atom is 0.251 e. The zero-order valence-corrected chi connectivity index (χ0v) is 16.4. The van der Waals surface area contributed by atoms with Gasteiger partial charge in [-0.3, -0.25) is 9.10 Å². The number of carbonyl (C=O) groups is 1. The van der Waals surface area contributed by atoms with Gasteiger partial charge >= 0.3 is 0 Å². The largest absolute Gasteiger partial charge is 0.345 e. The van der Waals surface area contributed by atoms with Gasteiger partial charge in [0.2, 0.25) is 10.0 Å². The van der Waals surface area contributed by atoms with Crippen LogP contribution < -0.4 is 9.62 Å². The molecule has 0 saturated carbocycles. The average molecular weight is 385 g/mol. The molecular weight excluding hydrogens is 360 g/mol. The Morgan fingerprint density at radius 1 is 1.15 bits per heavy atom. The smallest absolute Gasteiger partial charge is 0.251 e. The molecule has 2 aromatic carbocycles. The molecule has 2 aromatic rings. The van der Waals surface area contributed by atoms with E-state index in [-0.39, 0.29) is 18.0 Å². The first-order chi connectivity index (χ1) is 12.8. The summed E-state index contributed by atoms with van der Waals surface area (Å²) in [4.78, 5) is 12.8. The Hall–Kier alpha value is -2.34. The van der Waals surface area contributed by atoms with E-state index in [9.17, 15) is 13.2 Å². The highest BCUT2D eigenvalue weighted by molar-refractivity contribution is 7.92. The van der Waals surface area contributed by atoms with E-state index < -0.39 is 10.0 Å². The van der Waals surface area contributed by atoms with Crippen molar-refractivity contribution in [1.29, 1.82) is 0 Å². The summed E-state index contributed by atoms with van der Waals surface area (Å²) in [5, 5.41) is 3.16. The van der Waals surface area contributed by atoms with Crippen molar-refractivity contribution in [2.45, 2.75) is 44.7 Å². The second-order valence-corrected chi connectivity index (χ2v) is 9.43. The molecule has 142 valence electrons. The van der Waals surface area contributed by atoms with Crippen molar-refractivity contribution in [1.82, 2.24) is 5.32 Å². The quantitative estimate of drug-likeness (QED) is 0.884. The van der Waals surface area contributed by atoms with Gasteiger partial charge in [0.25, 0.3) is 5.91 Å². The highest BCUT2D eigenvalue weighted by Crippen LogP contribution is 2.35. The van der Waals surface area contributed by atoms with Crippen LogP contribution in [0.2, 0.25) is 0 Å². The third-order valence-corrected chi connectivity index (χ3v) is 6.80. The van der Waals surface area contributed by atoms with Gasteiger partial charge in [0.1, 0.15) is 0 Å². The number of aryl methyl sites for hydroxylation is 1. The Balaban J connectivity index is 1.58. The highest BCUT2D eigenvalue weighted by Gasteiger charge is 2.33. The van der Waals surface area contributed by atoms with E-state index in [0.717, 1.165) is 24.8 Å². The van der Waals surface area contributed by atoms with Gasteiger partial charge in [0.05, 0.1) is 18.0 Å². The molecule has 1 N–H and O–H groups in total. The minimum atomic E-state index is -3.32. The predicted octanol–water partition coefficient (Wildman–Crippen LogP) is 3.20. The third kappa shape index (κ3) is 3.34. The number of benzene rings is 2. The average Bonchev–Trinajstić information content (AvgIpc) is 2.97. The molecule has 1 aliphatic heterocycles. The zero-order valence-electron chi connectivity index (χ0n) is 15.6. The molecule has 1 amide bonds. The van der Waals surface area contributed by atoms with E-state index in [1.54, 1.807) is 12.1 Å². The monoisotopic (exact) mass is 384 g/mol. The molecule has 2 atom stereocenters. The van der Waals surface area contributed by atoms with Crippen LogP contribution in [0.4, 0.5) is 5.69 Å². The molecule has 2 unspecified atom stereocenters. The van der Waals surface area contributed by atoms with Crippen LogP contribution in [0.25, 0.3) is 0 Å². The van der Waals surface area contributed by atoms with Crippen molar-refractivity contribution < 1.29 is 13.2 Å². The molecular formula is C21H24N2O3S. The summed E-state index contributed by atoms with van der Waals surface area (Å²) >= 11 is 0. The van der Waals surface area contributed by atoms with Crippen LogP contribution in [0.3, 0.4) is 0 Å². The lowest BCUT2D eigenvalue weighted by Gasteiger charge is -2.26.